The number of nitrogens with one attached hydrogen (secondary N) is 1. The molecule has 0 radical (unpaired) electrons. The Morgan fingerprint density at radius 1 is 1.57 bits per heavy atom. The lowest BCUT2D eigenvalue weighted by Crippen LogP contribution is -2.37. The van der Waals surface area contributed by atoms with E-state index in [0.717, 1.165) is 26.1 Å². The maximum absolute atomic E-state index is 10.3. The fourth-order valence-corrected chi connectivity index (χ4v) is 1.79. The van der Waals surface area contributed by atoms with E-state index in [-0.39, 0.29) is 6.42 Å². The molecule has 1 unspecified atom stereocenters. The summed E-state index contributed by atoms with van der Waals surface area (Å²) in [6, 6.07) is 0.401. The van der Waals surface area contributed by atoms with Crippen molar-refractivity contribution in [3.8, 4) is 0 Å². The van der Waals surface area contributed by atoms with Gasteiger partial charge in [-0.1, -0.05) is 0 Å². The van der Waals surface area contributed by atoms with Crippen molar-refractivity contribution in [2.45, 2.75) is 32.2 Å². The zero-order valence-electron chi connectivity index (χ0n) is 8.66. The fourth-order valence-electron chi connectivity index (χ4n) is 1.79. The summed E-state index contributed by atoms with van der Waals surface area (Å²) in [6.07, 6.45) is 2.37. The zero-order valence-corrected chi connectivity index (χ0v) is 8.66. The average Bonchev–Trinajstić information content (AvgIpc) is 2.18. The van der Waals surface area contributed by atoms with Gasteiger partial charge in [-0.3, -0.25) is 4.79 Å². The van der Waals surface area contributed by atoms with Crippen molar-refractivity contribution in [1.82, 2.24) is 5.32 Å². The lowest BCUT2D eigenvalue weighted by Gasteiger charge is -2.28. The predicted molar refractivity (Wildman–Crippen MR) is 53.3 cm³/mol. The molecule has 0 spiro atoms. The molecule has 0 aromatic carbocycles. The van der Waals surface area contributed by atoms with Gasteiger partial charge >= 0.3 is 5.97 Å². The van der Waals surface area contributed by atoms with Crippen LogP contribution in [-0.4, -0.2) is 36.9 Å². The summed E-state index contributed by atoms with van der Waals surface area (Å²) in [6.45, 7) is 4.37. The molecular weight excluding hydrogens is 182 g/mol. The van der Waals surface area contributed by atoms with Gasteiger partial charge in [0, 0.05) is 25.8 Å². The van der Waals surface area contributed by atoms with Gasteiger partial charge in [0.2, 0.25) is 0 Å². The normalized spacial score (nSPS) is 20.6. The molecular formula is C10H19NO3. The van der Waals surface area contributed by atoms with Crippen molar-refractivity contribution in [1.29, 1.82) is 0 Å². The molecule has 0 bridgehead atoms. The summed E-state index contributed by atoms with van der Waals surface area (Å²) in [7, 11) is 0. The van der Waals surface area contributed by atoms with Crippen molar-refractivity contribution in [2.75, 3.05) is 19.8 Å². The highest BCUT2D eigenvalue weighted by atomic mass is 16.5. The number of carboxylic acids is 1. The topological polar surface area (TPSA) is 58.6 Å². The van der Waals surface area contributed by atoms with Gasteiger partial charge in [-0.2, -0.15) is 0 Å². The fraction of sp³-hybridized carbons (Fsp3) is 0.900. The molecule has 0 aliphatic carbocycles. The Kier molecular flexibility index (Phi) is 4.90. The second-order valence-corrected chi connectivity index (χ2v) is 3.84. The lowest BCUT2D eigenvalue weighted by atomic mass is 9.93. The Morgan fingerprint density at radius 3 is 2.79 bits per heavy atom. The van der Waals surface area contributed by atoms with E-state index in [1.165, 1.54) is 0 Å². The predicted octanol–water partition coefficient (Wildman–Crippen LogP) is 0.866. The Morgan fingerprint density at radius 2 is 2.21 bits per heavy atom. The summed E-state index contributed by atoms with van der Waals surface area (Å²) in [5.74, 6) is -0.103. The Balaban J connectivity index is 2.13. The first-order valence-corrected chi connectivity index (χ1v) is 5.23. The minimum atomic E-state index is -0.739. The van der Waals surface area contributed by atoms with Gasteiger partial charge in [0.05, 0.1) is 6.42 Å². The molecule has 1 saturated heterocycles. The highest BCUT2D eigenvalue weighted by Crippen LogP contribution is 2.18. The van der Waals surface area contributed by atoms with Crippen molar-refractivity contribution in [2.24, 2.45) is 5.92 Å². The molecule has 1 fully saturated rings. The molecule has 2 N–H and O–H groups in total. The first kappa shape index (κ1) is 11.5. The molecule has 1 atom stereocenters. The highest BCUT2D eigenvalue weighted by Gasteiger charge is 2.19. The summed E-state index contributed by atoms with van der Waals surface area (Å²) >= 11 is 0. The molecule has 4 heteroatoms. The molecule has 0 amide bonds. The van der Waals surface area contributed by atoms with E-state index in [2.05, 4.69) is 12.2 Å². The quantitative estimate of drug-likeness (QED) is 0.693. The molecule has 82 valence electrons. The van der Waals surface area contributed by atoms with E-state index in [1.54, 1.807) is 0 Å². The minimum absolute atomic E-state index is 0.202. The van der Waals surface area contributed by atoms with E-state index in [4.69, 9.17) is 9.84 Å². The van der Waals surface area contributed by atoms with Crippen LogP contribution in [-0.2, 0) is 9.53 Å². The molecule has 0 aromatic rings. The SMILES string of the molecule is CC(NCCC(=O)O)C1CCOCC1. The molecule has 1 aliphatic heterocycles. The van der Waals surface area contributed by atoms with Crippen LogP contribution in [0.5, 0.6) is 0 Å². The van der Waals surface area contributed by atoms with Crippen LogP contribution in [0.4, 0.5) is 0 Å². The summed E-state index contributed by atoms with van der Waals surface area (Å²) in [5, 5.41) is 11.7. The highest BCUT2D eigenvalue weighted by molar-refractivity contribution is 5.66. The maximum Gasteiger partial charge on any atom is 0.304 e. The van der Waals surface area contributed by atoms with Gasteiger partial charge in [-0.15, -0.1) is 0 Å². The molecule has 0 aromatic heterocycles. The van der Waals surface area contributed by atoms with Crippen molar-refractivity contribution >= 4 is 5.97 Å². The van der Waals surface area contributed by atoms with Crippen LogP contribution in [0.3, 0.4) is 0 Å². The van der Waals surface area contributed by atoms with Gasteiger partial charge in [-0.25, -0.2) is 0 Å². The molecule has 1 heterocycles. The van der Waals surface area contributed by atoms with Crippen LogP contribution >= 0.6 is 0 Å². The van der Waals surface area contributed by atoms with Crippen LogP contribution in [0, 0.1) is 5.92 Å². The minimum Gasteiger partial charge on any atom is -0.481 e. The number of ether oxygens (including phenoxy) is 1. The molecule has 0 saturated carbocycles. The van der Waals surface area contributed by atoms with Crippen molar-refractivity contribution in [3.63, 3.8) is 0 Å². The second-order valence-electron chi connectivity index (χ2n) is 3.84. The van der Waals surface area contributed by atoms with E-state index in [9.17, 15) is 4.79 Å². The third-order valence-electron chi connectivity index (χ3n) is 2.78. The van der Waals surface area contributed by atoms with Crippen LogP contribution in [0.25, 0.3) is 0 Å². The molecule has 1 rings (SSSR count). The second kappa shape index (κ2) is 5.98. The first-order chi connectivity index (χ1) is 6.70. The van der Waals surface area contributed by atoms with E-state index >= 15 is 0 Å². The smallest absolute Gasteiger partial charge is 0.304 e. The Hall–Kier alpha value is -0.610. The Bertz CT molecular complexity index is 178. The number of carboxylic acid groups (broad SMARTS) is 1. The monoisotopic (exact) mass is 201 g/mol. The standard InChI is InChI=1S/C10H19NO3/c1-8(11-5-2-10(12)13)9-3-6-14-7-4-9/h8-9,11H,2-7H2,1H3,(H,12,13). The average molecular weight is 201 g/mol. The van der Waals surface area contributed by atoms with Crippen LogP contribution in [0.2, 0.25) is 0 Å². The number of aliphatic carboxylic acids is 1. The number of hydrogen-bond donors (Lipinski definition) is 2. The summed E-state index contributed by atoms with van der Waals surface area (Å²) in [4.78, 5) is 10.3. The van der Waals surface area contributed by atoms with Crippen molar-refractivity contribution in [3.05, 3.63) is 0 Å². The lowest BCUT2D eigenvalue weighted by molar-refractivity contribution is -0.136. The van der Waals surface area contributed by atoms with Crippen molar-refractivity contribution < 1.29 is 14.6 Å². The van der Waals surface area contributed by atoms with Gasteiger partial charge < -0.3 is 15.2 Å². The number of hydrogen-bond acceptors (Lipinski definition) is 3. The van der Waals surface area contributed by atoms with Crippen LogP contribution in [0.1, 0.15) is 26.2 Å². The van der Waals surface area contributed by atoms with E-state index < -0.39 is 5.97 Å². The molecule has 14 heavy (non-hydrogen) atoms. The zero-order chi connectivity index (χ0) is 10.4. The maximum atomic E-state index is 10.3. The first-order valence-electron chi connectivity index (χ1n) is 5.23. The van der Waals surface area contributed by atoms with Gasteiger partial charge in [0.1, 0.15) is 0 Å². The number of carbonyl (C=O) groups is 1. The number of rotatable bonds is 5. The van der Waals surface area contributed by atoms with E-state index in [0.29, 0.717) is 18.5 Å². The van der Waals surface area contributed by atoms with Crippen LogP contribution in [0.15, 0.2) is 0 Å². The Labute approximate surface area is 84.6 Å². The van der Waals surface area contributed by atoms with Crippen LogP contribution < -0.4 is 5.32 Å². The summed E-state index contributed by atoms with van der Waals surface area (Å²) < 4.78 is 5.27. The van der Waals surface area contributed by atoms with Gasteiger partial charge in [0.15, 0.2) is 0 Å². The van der Waals surface area contributed by atoms with Gasteiger partial charge in [0.25, 0.3) is 0 Å². The molecule has 1 aliphatic rings. The largest absolute Gasteiger partial charge is 0.481 e. The van der Waals surface area contributed by atoms with Gasteiger partial charge in [-0.05, 0) is 25.7 Å². The molecule has 4 nitrogen and oxygen atoms in total. The summed E-state index contributed by atoms with van der Waals surface area (Å²) in [5.41, 5.74) is 0. The third kappa shape index (κ3) is 4.07. The van der Waals surface area contributed by atoms with E-state index in [1.807, 2.05) is 0 Å². The third-order valence-corrected chi connectivity index (χ3v) is 2.78.